The van der Waals surface area contributed by atoms with E-state index in [0.717, 1.165) is 28.1 Å². The zero-order valence-electron chi connectivity index (χ0n) is 9.63. The van der Waals surface area contributed by atoms with Crippen LogP contribution in [-0.4, -0.2) is 9.97 Å². The van der Waals surface area contributed by atoms with Crippen molar-refractivity contribution >= 4 is 33.7 Å². The lowest BCUT2D eigenvalue weighted by Gasteiger charge is -2.05. The smallest absolute Gasteiger partial charge is 0.126 e. The van der Waals surface area contributed by atoms with Crippen molar-refractivity contribution in [3.63, 3.8) is 0 Å². The summed E-state index contributed by atoms with van der Waals surface area (Å²) in [5.74, 6) is 0.847. The van der Waals surface area contributed by atoms with Gasteiger partial charge in [-0.15, -0.1) is 11.3 Å². The quantitative estimate of drug-likeness (QED) is 0.707. The van der Waals surface area contributed by atoms with Crippen molar-refractivity contribution in [3.8, 4) is 0 Å². The molecule has 0 unspecified atom stereocenters. The average molecular weight is 256 g/mol. The molecule has 0 aliphatic carbocycles. The predicted molar refractivity (Wildman–Crippen MR) is 75.6 cm³/mol. The van der Waals surface area contributed by atoms with E-state index in [1.807, 2.05) is 41.2 Å². The Labute approximate surface area is 109 Å². The van der Waals surface area contributed by atoms with Crippen molar-refractivity contribution in [1.29, 1.82) is 0 Å². The minimum absolute atomic E-state index is 0.691. The van der Waals surface area contributed by atoms with Crippen LogP contribution >= 0.6 is 11.3 Å². The van der Waals surface area contributed by atoms with E-state index in [-0.39, 0.29) is 0 Å². The number of aromatic nitrogens is 2. The first-order valence-electron chi connectivity index (χ1n) is 5.58. The van der Waals surface area contributed by atoms with Gasteiger partial charge in [-0.3, -0.25) is 0 Å². The maximum Gasteiger partial charge on any atom is 0.126 e. The summed E-state index contributed by atoms with van der Waals surface area (Å²) < 4.78 is 0. The molecule has 0 spiro atoms. The summed E-state index contributed by atoms with van der Waals surface area (Å²) in [4.78, 5) is 8.74. The van der Waals surface area contributed by atoms with Gasteiger partial charge in [-0.25, -0.2) is 9.97 Å². The Kier molecular flexibility index (Phi) is 2.82. The van der Waals surface area contributed by atoms with E-state index in [2.05, 4.69) is 15.3 Å². The van der Waals surface area contributed by atoms with Crippen LogP contribution in [0.4, 0.5) is 11.5 Å². The Morgan fingerprint density at radius 2 is 2.17 bits per heavy atom. The number of anilines is 2. The zero-order valence-corrected chi connectivity index (χ0v) is 10.4. The summed E-state index contributed by atoms with van der Waals surface area (Å²) in [6.45, 7) is 0.691. The number of hydrogen-bond donors (Lipinski definition) is 2. The van der Waals surface area contributed by atoms with E-state index < -0.39 is 0 Å². The van der Waals surface area contributed by atoms with Crippen molar-refractivity contribution in [2.75, 3.05) is 11.1 Å². The maximum absolute atomic E-state index is 5.73. The number of fused-ring (bicyclic) bond motifs is 1. The molecule has 3 aromatic rings. The molecule has 0 amide bonds. The van der Waals surface area contributed by atoms with Crippen LogP contribution in [0.3, 0.4) is 0 Å². The largest absolute Gasteiger partial charge is 0.399 e. The molecule has 5 heteroatoms. The number of rotatable bonds is 3. The summed E-state index contributed by atoms with van der Waals surface area (Å²) >= 11 is 1.59. The highest BCUT2D eigenvalue weighted by molar-refractivity contribution is 7.07. The molecule has 4 nitrogen and oxygen atoms in total. The minimum atomic E-state index is 0.691. The lowest BCUT2D eigenvalue weighted by atomic mass is 10.2. The van der Waals surface area contributed by atoms with Gasteiger partial charge in [-0.05, 0) is 30.3 Å². The molecule has 90 valence electrons. The summed E-state index contributed by atoms with van der Waals surface area (Å²) in [5, 5.41) is 6.33. The first kappa shape index (κ1) is 11.0. The van der Waals surface area contributed by atoms with Gasteiger partial charge in [0.05, 0.1) is 23.3 Å². The standard InChI is InChI=1S/C13H12N4S/c14-10-2-3-12-9(5-10)1-4-13(17-12)15-6-11-7-18-8-16-11/h1-5,7-8H,6,14H2,(H,15,17). The second kappa shape index (κ2) is 4.62. The van der Waals surface area contributed by atoms with Crippen molar-refractivity contribution < 1.29 is 0 Å². The molecule has 18 heavy (non-hydrogen) atoms. The van der Waals surface area contributed by atoms with E-state index >= 15 is 0 Å². The fourth-order valence-corrected chi connectivity index (χ4v) is 2.31. The van der Waals surface area contributed by atoms with Gasteiger partial charge in [0.2, 0.25) is 0 Å². The van der Waals surface area contributed by atoms with E-state index in [4.69, 9.17) is 5.73 Å². The molecule has 1 aromatic carbocycles. The third-order valence-electron chi connectivity index (χ3n) is 2.65. The molecule has 3 N–H and O–H groups in total. The van der Waals surface area contributed by atoms with E-state index in [9.17, 15) is 0 Å². The Balaban J connectivity index is 1.82. The first-order valence-corrected chi connectivity index (χ1v) is 6.53. The molecule has 0 radical (unpaired) electrons. The molecule has 2 aromatic heterocycles. The van der Waals surface area contributed by atoms with Crippen LogP contribution in [0.1, 0.15) is 5.69 Å². The van der Waals surface area contributed by atoms with Gasteiger partial charge < -0.3 is 11.1 Å². The highest BCUT2D eigenvalue weighted by atomic mass is 32.1. The summed E-state index contributed by atoms with van der Waals surface area (Å²) in [6.07, 6.45) is 0. The van der Waals surface area contributed by atoms with Gasteiger partial charge in [0, 0.05) is 16.5 Å². The number of nitrogens with one attached hydrogen (secondary N) is 1. The van der Waals surface area contributed by atoms with Crippen LogP contribution in [0.5, 0.6) is 0 Å². The number of benzene rings is 1. The number of thiazole rings is 1. The molecule has 0 saturated carbocycles. The average Bonchev–Trinajstić information content (AvgIpc) is 2.89. The number of hydrogen-bond acceptors (Lipinski definition) is 5. The molecule has 0 saturated heterocycles. The fraction of sp³-hybridized carbons (Fsp3) is 0.0769. The van der Waals surface area contributed by atoms with Gasteiger partial charge in [0.25, 0.3) is 0 Å². The van der Waals surface area contributed by atoms with Gasteiger partial charge in [0.1, 0.15) is 5.82 Å². The van der Waals surface area contributed by atoms with Gasteiger partial charge in [-0.1, -0.05) is 0 Å². The molecule has 3 rings (SSSR count). The second-order valence-corrected chi connectivity index (χ2v) is 4.70. The number of pyridine rings is 1. The normalized spacial score (nSPS) is 10.7. The van der Waals surface area contributed by atoms with Crippen molar-refractivity contribution in [2.45, 2.75) is 6.54 Å². The maximum atomic E-state index is 5.73. The molecular weight excluding hydrogens is 244 g/mol. The Morgan fingerprint density at radius 3 is 3.00 bits per heavy atom. The number of nitrogens with zero attached hydrogens (tertiary/aromatic N) is 2. The van der Waals surface area contributed by atoms with Crippen LogP contribution in [-0.2, 0) is 6.54 Å². The van der Waals surface area contributed by atoms with E-state index in [1.165, 1.54) is 0 Å². The fourth-order valence-electron chi connectivity index (χ4n) is 1.75. The van der Waals surface area contributed by atoms with Gasteiger partial charge in [0.15, 0.2) is 0 Å². The Bertz CT molecular complexity index is 664. The Morgan fingerprint density at radius 1 is 1.22 bits per heavy atom. The molecule has 0 bridgehead atoms. The van der Waals surface area contributed by atoms with Crippen LogP contribution in [0.2, 0.25) is 0 Å². The zero-order chi connectivity index (χ0) is 12.4. The summed E-state index contributed by atoms with van der Waals surface area (Å²) in [6, 6.07) is 9.68. The molecule has 0 aliphatic rings. The highest BCUT2D eigenvalue weighted by Crippen LogP contribution is 2.18. The van der Waals surface area contributed by atoms with Gasteiger partial charge in [-0.2, -0.15) is 0 Å². The van der Waals surface area contributed by atoms with Crippen LogP contribution in [0, 0.1) is 0 Å². The monoisotopic (exact) mass is 256 g/mol. The molecule has 2 heterocycles. The minimum Gasteiger partial charge on any atom is -0.399 e. The molecule has 0 aliphatic heterocycles. The van der Waals surface area contributed by atoms with E-state index in [1.54, 1.807) is 11.3 Å². The number of nitrogens with two attached hydrogens (primary N) is 1. The van der Waals surface area contributed by atoms with Crippen molar-refractivity contribution in [1.82, 2.24) is 9.97 Å². The highest BCUT2D eigenvalue weighted by Gasteiger charge is 2.00. The summed E-state index contributed by atoms with van der Waals surface area (Å²) in [5.41, 5.74) is 10.3. The third kappa shape index (κ3) is 2.26. The number of nitrogen functional groups attached to an aromatic ring is 1. The lowest BCUT2D eigenvalue weighted by molar-refractivity contribution is 1.06. The molecular formula is C13H12N4S. The first-order chi connectivity index (χ1) is 8.81. The van der Waals surface area contributed by atoms with Crippen LogP contribution in [0.25, 0.3) is 10.9 Å². The van der Waals surface area contributed by atoms with Crippen LogP contribution < -0.4 is 11.1 Å². The second-order valence-electron chi connectivity index (χ2n) is 3.98. The lowest BCUT2D eigenvalue weighted by Crippen LogP contribution is -2.01. The predicted octanol–water partition coefficient (Wildman–Crippen LogP) is 2.89. The topological polar surface area (TPSA) is 63.8 Å². The third-order valence-corrected chi connectivity index (χ3v) is 3.28. The van der Waals surface area contributed by atoms with Crippen molar-refractivity contribution in [3.05, 3.63) is 46.9 Å². The Hall–Kier alpha value is -2.14. The summed E-state index contributed by atoms with van der Waals surface area (Å²) in [7, 11) is 0. The molecule has 0 atom stereocenters. The molecule has 0 fully saturated rings. The van der Waals surface area contributed by atoms with Crippen LogP contribution in [0.15, 0.2) is 41.2 Å². The van der Waals surface area contributed by atoms with Crippen molar-refractivity contribution in [2.24, 2.45) is 0 Å². The van der Waals surface area contributed by atoms with E-state index in [0.29, 0.717) is 6.54 Å². The SMILES string of the molecule is Nc1ccc2nc(NCc3cscn3)ccc2c1. The van der Waals surface area contributed by atoms with Gasteiger partial charge >= 0.3 is 0 Å².